The van der Waals surface area contributed by atoms with Crippen molar-refractivity contribution in [2.45, 2.75) is 71.4 Å². The Labute approximate surface area is 131 Å². The van der Waals surface area contributed by atoms with Crippen molar-refractivity contribution >= 4 is 11.8 Å². The van der Waals surface area contributed by atoms with Crippen molar-refractivity contribution in [2.75, 3.05) is 32.1 Å². The summed E-state index contributed by atoms with van der Waals surface area (Å²) in [5.74, 6) is 1.26. The van der Waals surface area contributed by atoms with Gasteiger partial charge in [-0.15, -0.1) is 0 Å². The van der Waals surface area contributed by atoms with Crippen molar-refractivity contribution in [3.63, 3.8) is 0 Å². The molecule has 120 valence electrons. The largest absolute Gasteiger partial charge is 0.311 e. The van der Waals surface area contributed by atoms with Gasteiger partial charge in [0.1, 0.15) is 0 Å². The van der Waals surface area contributed by atoms with Crippen molar-refractivity contribution in [3.05, 3.63) is 0 Å². The Morgan fingerprint density at radius 2 is 1.85 bits per heavy atom. The van der Waals surface area contributed by atoms with Crippen molar-refractivity contribution in [3.8, 4) is 0 Å². The van der Waals surface area contributed by atoms with E-state index in [1.165, 1.54) is 50.9 Å². The summed E-state index contributed by atoms with van der Waals surface area (Å²) in [7, 11) is 2.33. The summed E-state index contributed by atoms with van der Waals surface area (Å²) < 4.78 is 0. The second-order valence-corrected chi connectivity index (χ2v) is 8.65. The molecule has 1 atom stereocenters. The average Bonchev–Trinajstić information content (AvgIpc) is 2.81. The highest BCUT2D eigenvalue weighted by molar-refractivity contribution is 7.98. The Morgan fingerprint density at radius 3 is 2.30 bits per heavy atom. The molecule has 1 rings (SSSR count). The molecular formula is C17H36N2S. The average molecular weight is 301 g/mol. The summed E-state index contributed by atoms with van der Waals surface area (Å²) in [5.41, 5.74) is 0.742. The first-order valence-electron chi connectivity index (χ1n) is 8.26. The molecule has 1 unspecified atom stereocenters. The van der Waals surface area contributed by atoms with Gasteiger partial charge in [0.2, 0.25) is 0 Å². The Kier molecular flexibility index (Phi) is 7.37. The Hall–Kier alpha value is 0.270. The van der Waals surface area contributed by atoms with E-state index in [-0.39, 0.29) is 5.54 Å². The van der Waals surface area contributed by atoms with Gasteiger partial charge in [-0.3, -0.25) is 0 Å². The number of rotatable bonds is 8. The van der Waals surface area contributed by atoms with Crippen molar-refractivity contribution < 1.29 is 0 Å². The van der Waals surface area contributed by atoms with Gasteiger partial charge in [0.25, 0.3) is 0 Å². The smallest absolute Gasteiger partial charge is 0.0180 e. The Morgan fingerprint density at radius 1 is 1.25 bits per heavy atom. The number of hydrogen-bond donors (Lipinski definition) is 1. The minimum atomic E-state index is 0.234. The number of hydrogen-bond acceptors (Lipinski definition) is 3. The van der Waals surface area contributed by atoms with Gasteiger partial charge in [-0.25, -0.2) is 0 Å². The minimum Gasteiger partial charge on any atom is -0.311 e. The molecule has 2 nitrogen and oxygen atoms in total. The summed E-state index contributed by atoms with van der Waals surface area (Å²) in [6.45, 7) is 11.6. The van der Waals surface area contributed by atoms with Gasteiger partial charge in [0.05, 0.1) is 0 Å². The molecule has 1 N–H and O–H groups in total. The minimum absolute atomic E-state index is 0.234. The number of nitrogens with zero attached hydrogens (tertiary/aromatic N) is 1. The molecular weight excluding hydrogens is 264 g/mol. The van der Waals surface area contributed by atoms with Crippen LogP contribution in [0.4, 0.5) is 0 Å². The van der Waals surface area contributed by atoms with Gasteiger partial charge < -0.3 is 10.2 Å². The molecule has 1 saturated carbocycles. The summed E-state index contributed by atoms with van der Waals surface area (Å²) >= 11 is 1.98. The van der Waals surface area contributed by atoms with Gasteiger partial charge >= 0.3 is 0 Å². The quantitative estimate of drug-likeness (QED) is 0.729. The van der Waals surface area contributed by atoms with Gasteiger partial charge in [-0.05, 0) is 58.8 Å². The van der Waals surface area contributed by atoms with Crippen molar-refractivity contribution in [1.82, 2.24) is 10.2 Å². The molecule has 0 amide bonds. The van der Waals surface area contributed by atoms with E-state index in [0.29, 0.717) is 5.41 Å². The third-order valence-electron chi connectivity index (χ3n) is 4.70. The zero-order valence-corrected chi connectivity index (χ0v) is 15.4. The highest BCUT2D eigenvalue weighted by Gasteiger charge is 2.36. The van der Waals surface area contributed by atoms with E-state index in [0.717, 1.165) is 6.04 Å². The first kappa shape index (κ1) is 18.3. The molecule has 20 heavy (non-hydrogen) atoms. The molecule has 1 aliphatic rings. The zero-order valence-electron chi connectivity index (χ0n) is 14.6. The van der Waals surface area contributed by atoms with Crippen molar-refractivity contribution in [2.24, 2.45) is 5.41 Å². The first-order chi connectivity index (χ1) is 9.32. The molecule has 0 aromatic heterocycles. The maximum atomic E-state index is 3.77. The lowest BCUT2D eigenvalue weighted by atomic mass is 9.84. The molecule has 3 heteroatoms. The predicted octanol–water partition coefficient (Wildman–Crippen LogP) is 4.01. The van der Waals surface area contributed by atoms with Crippen molar-refractivity contribution in [1.29, 1.82) is 0 Å². The SMILES string of the molecule is CCC(CSC)N(C)CC1(CNC(C)(C)C)CCCC1. The third-order valence-corrected chi connectivity index (χ3v) is 5.41. The van der Waals surface area contributed by atoms with Gasteiger partial charge in [-0.1, -0.05) is 19.8 Å². The number of thioether (sulfide) groups is 1. The van der Waals surface area contributed by atoms with Crippen LogP contribution >= 0.6 is 11.8 Å². The molecule has 0 aliphatic heterocycles. The highest BCUT2D eigenvalue weighted by atomic mass is 32.2. The topological polar surface area (TPSA) is 15.3 Å². The fourth-order valence-corrected chi connectivity index (χ4v) is 4.25. The molecule has 1 fully saturated rings. The maximum absolute atomic E-state index is 3.77. The summed E-state index contributed by atoms with van der Waals surface area (Å²) in [6, 6.07) is 0.733. The second kappa shape index (κ2) is 8.05. The normalized spacial score (nSPS) is 20.6. The third kappa shape index (κ3) is 5.95. The monoisotopic (exact) mass is 300 g/mol. The van der Waals surface area contributed by atoms with Crippen LogP contribution in [0.2, 0.25) is 0 Å². The van der Waals surface area contributed by atoms with Crippen LogP contribution in [0, 0.1) is 5.41 Å². The van der Waals surface area contributed by atoms with E-state index in [1.807, 2.05) is 11.8 Å². The van der Waals surface area contributed by atoms with E-state index in [2.05, 4.69) is 51.2 Å². The van der Waals surface area contributed by atoms with E-state index < -0.39 is 0 Å². The molecule has 1 aliphatic carbocycles. The predicted molar refractivity (Wildman–Crippen MR) is 93.7 cm³/mol. The molecule has 0 aromatic rings. The lowest BCUT2D eigenvalue weighted by molar-refractivity contribution is 0.133. The van der Waals surface area contributed by atoms with Crippen LogP contribution in [-0.2, 0) is 0 Å². The standard InChI is InChI=1S/C17H36N2S/c1-7-15(12-20-6)19(5)14-17(10-8-9-11-17)13-18-16(2,3)4/h15,18H,7-14H2,1-6H3. The van der Waals surface area contributed by atoms with E-state index in [1.54, 1.807) is 0 Å². The van der Waals surface area contributed by atoms with Crippen LogP contribution in [-0.4, -0.2) is 48.6 Å². The Bertz CT molecular complexity index is 267. The molecule has 0 aromatic carbocycles. The highest BCUT2D eigenvalue weighted by Crippen LogP contribution is 2.39. The lowest BCUT2D eigenvalue weighted by Crippen LogP contribution is -2.49. The second-order valence-electron chi connectivity index (χ2n) is 7.74. The van der Waals surface area contributed by atoms with Gasteiger partial charge in [-0.2, -0.15) is 11.8 Å². The van der Waals surface area contributed by atoms with E-state index >= 15 is 0 Å². The van der Waals surface area contributed by atoms with Crippen LogP contribution in [0.15, 0.2) is 0 Å². The molecule has 0 bridgehead atoms. The summed E-state index contributed by atoms with van der Waals surface area (Å²) in [6.07, 6.45) is 9.12. The fraction of sp³-hybridized carbons (Fsp3) is 1.00. The molecule has 0 heterocycles. The fourth-order valence-electron chi connectivity index (χ4n) is 3.38. The van der Waals surface area contributed by atoms with Crippen LogP contribution in [0.3, 0.4) is 0 Å². The summed E-state index contributed by atoms with van der Waals surface area (Å²) in [4.78, 5) is 2.63. The van der Waals surface area contributed by atoms with Gasteiger partial charge in [0.15, 0.2) is 0 Å². The van der Waals surface area contributed by atoms with Crippen LogP contribution in [0.5, 0.6) is 0 Å². The number of nitrogens with one attached hydrogen (secondary N) is 1. The van der Waals surface area contributed by atoms with E-state index in [4.69, 9.17) is 0 Å². The first-order valence-corrected chi connectivity index (χ1v) is 9.65. The van der Waals surface area contributed by atoms with Gasteiger partial charge in [0, 0.05) is 30.4 Å². The zero-order chi connectivity index (χ0) is 15.2. The van der Waals surface area contributed by atoms with Crippen LogP contribution in [0.25, 0.3) is 0 Å². The molecule has 0 saturated heterocycles. The van der Waals surface area contributed by atoms with E-state index in [9.17, 15) is 0 Å². The van der Waals surface area contributed by atoms with Crippen LogP contribution in [0.1, 0.15) is 59.8 Å². The molecule has 0 radical (unpaired) electrons. The molecule has 0 spiro atoms. The Balaban J connectivity index is 2.61. The lowest BCUT2D eigenvalue weighted by Gasteiger charge is -2.39. The van der Waals surface area contributed by atoms with Crippen LogP contribution < -0.4 is 5.32 Å². The summed E-state index contributed by atoms with van der Waals surface area (Å²) in [5, 5.41) is 3.77. The maximum Gasteiger partial charge on any atom is 0.0180 e.